The number of nitrogens with one attached hydrogen (secondary N) is 1. The zero-order chi connectivity index (χ0) is 19.1. The van der Waals surface area contributed by atoms with Gasteiger partial charge in [-0.3, -0.25) is 14.7 Å². The van der Waals surface area contributed by atoms with Crippen LogP contribution in [-0.4, -0.2) is 25.1 Å². The summed E-state index contributed by atoms with van der Waals surface area (Å²) in [6, 6.07) is 7.01. The Morgan fingerprint density at radius 1 is 1.23 bits per heavy atom. The number of pyridine rings is 1. The van der Waals surface area contributed by atoms with Gasteiger partial charge in [0.1, 0.15) is 0 Å². The maximum atomic E-state index is 12.9. The molecule has 26 heavy (non-hydrogen) atoms. The van der Waals surface area contributed by atoms with E-state index in [0.717, 1.165) is 5.56 Å². The maximum absolute atomic E-state index is 12.9. The molecule has 0 spiro atoms. The molecule has 1 aromatic heterocycles. The van der Waals surface area contributed by atoms with Gasteiger partial charge in [0.05, 0.1) is 23.2 Å². The fourth-order valence-electron chi connectivity index (χ4n) is 3.13. The van der Waals surface area contributed by atoms with Crippen molar-refractivity contribution in [2.75, 3.05) is 10.7 Å². The summed E-state index contributed by atoms with van der Waals surface area (Å²) in [4.78, 5) is 18.8. The molecular weight excluding hydrogens is 374 g/mol. The van der Waals surface area contributed by atoms with Gasteiger partial charge in [-0.2, -0.15) is 0 Å². The molecular formula is C18H20ClN3O3S. The normalized spacial score (nSPS) is 16.0. The molecule has 1 amide bonds. The van der Waals surface area contributed by atoms with E-state index in [2.05, 4.69) is 9.71 Å². The lowest BCUT2D eigenvalue weighted by molar-refractivity contribution is 0.0982. The van der Waals surface area contributed by atoms with Crippen molar-refractivity contribution in [3.05, 3.63) is 58.4 Å². The Bertz CT molecular complexity index is 973. The van der Waals surface area contributed by atoms with Crippen LogP contribution in [0.1, 0.15) is 42.3 Å². The number of sulfonamides is 1. The molecule has 8 heteroatoms. The first kappa shape index (κ1) is 18.8. The molecule has 0 aliphatic carbocycles. The number of aromatic nitrogens is 1. The first-order valence-electron chi connectivity index (χ1n) is 8.21. The van der Waals surface area contributed by atoms with Gasteiger partial charge < -0.3 is 0 Å². The van der Waals surface area contributed by atoms with Gasteiger partial charge in [0.2, 0.25) is 10.0 Å². The van der Waals surface area contributed by atoms with Gasteiger partial charge in [-0.25, -0.2) is 13.1 Å². The Balaban J connectivity index is 1.95. The number of halogens is 1. The molecule has 1 N–H and O–H groups in total. The molecule has 3 rings (SSSR count). The lowest BCUT2D eigenvalue weighted by Crippen LogP contribution is -2.39. The molecule has 1 aromatic carbocycles. The van der Waals surface area contributed by atoms with Gasteiger partial charge in [-0.05, 0) is 56.2 Å². The number of carbonyl (C=O) groups is 1. The van der Waals surface area contributed by atoms with Crippen molar-refractivity contribution in [3.63, 3.8) is 0 Å². The topological polar surface area (TPSA) is 79.4 Å². The van der Waals surface area contributed by atoms with Crippen molar-refractivity contribution in [1.82, 2.24) is 9.71 Å². The van der Waals surface area contributed by atoms with Crippen LogP contribution >= 0.6 is 11.6 Å². The van der Waals surface area contributed by atoms with Crippen LogP contribution in [0.25, 0.3) is 0 Å². The molecule has 1 aliphatic rings. The van der Waals surface area contributed by atoms with Crippen molar-refractivity contribution in [2.24, 2.45) is 0 Å². The van der Waals surface area contributed by atoms with Gasteiger partial charge >= 0.3 is 0 Å². The molecule has 1 aliphatic heterocycles. The summed E-state index contributed by atoms with van der Waals surface area (Å²) in [5, 5.41) is 0.576. The molecule has 2 aromatic rings. The van der Waals surface area contributed by atoms with E-state index < -0.39 is 15.6 Å². The zero-order valence-corrected chi connectivity index (χ0v) is 16.4. The second-order valence-corrected chi connectivity index (χ2v) is 9.20. The number of nitrogens with zero attached hydrogens (tertiary/aromatic N) is 2. The second-order valence-electron chi connectivity index (χ2n) is 6.67. The Morgan fingerprint density at radius 3 is 2.65 bits per heavy atom. The van der Waals surface area contributed by atoms with Crippen molar-refractivity contribution >= 4 is 33.2 Å². The molecule has 0 saturated carbocycles. The van der Waals surface area contributed by atoms with Gasteiger partial charge in [-0.15, -0.1) is 0 Å². The first-order chi connectivity index (χ1) is 12.2. The third-order valence-corrected chi connectivity index (χ3v) is 6.13. The summed E-state index contributed by atoms with van der Waals surface area (Å²) in [6.07, 6.45) is 3.18. The summed E-state index contributed by atoms with van der Waals surface area (Å²) < 4.78 is 25.8. The summed E-state index contributed by atoms with van der Waals surface area (Å²) in [6.45, 7) is 5.59. The maximum Gasteiger partial charge on any atom is 0.259 e. The number of fused-ring (bicyclic) bond motifs is 1. The Labute approximate surface area is 158 Å². The minimum atomic E-state index is -3.30. The van der Waals surface area contributed by atoms with Crippen LogP contribution in [0.15, 0.2) is 36.7 Å². The highest BCUT2D eigenvalue weighted by atomic mass is 35.5. The number of hydrogen-bond donors (Lipinski definition) is 1. The van der Waals surface area contributed by atoms with E-state index in [0.29, 0.717) is 21.8 Å². The standard InChI is InChI=1S/C18H20ClN3O3S/c1-4-26(24,25)21-10-12-7-14(11-20-9-12)22-17(23)15-6-5-13(19)8-16(15)18(22,2)3/h5-9,11,21H,4,10H2,1-3H3. The van der Waals surface area contributed by atoms with E-state index >= 15 is 0 Å². The smallest absolute Gasteiger partial charge is 0.259 e. The molecule has 0 fully saturated rings. The minimum absolute atomic E-state index is 0.00777. The lowest BCUT2D eigenvalue weighted by atomic mass is 9.93. The van der Waals surface area contributed by atoms with E-state index in [1.807, 2.05) is 13.8 Å². The van der Waals surface area contributed by atoms with Crippen molar-refractivity contribution < 1.29 is 13.2 Å². The first-order valence-corrected chi connectivity index (χ1v) is 10.2. The van der Waals surface area contributed by atoms with E-state index in [9.17, 15) is 13.2 Å². The summed E-state index contributed by atoms with van der Waals surface area (Å²) in [7, 11) is -3.30. The van der Waals surface area contributed by atoms with Gasteiger partial charge in [0, 0.05) is 23.3 Å². The fraction of sp³-hybridized carbons (Fsp3) is 0.333. The average molecular weight is 394 g/mol. The molecule has 0 saturated heterocycles. The molecule has 138 valence electrons. The molecule has 2 heterocycles. The van der Waals surface area contributed by atoms with E-state index in [1.165, 1.54) is 0 Å². The molecule has 0 unspecified atom stereocenters. The predicted molar refractivity (Wildman–Crippen MR) is 102 cm³/mol. The van der Waals surface area contributed by atoms with Crippen molar-refractivity contribution in [2.45, 2.75) is 32.9 Å². The van der Waals surface area contributed by atoms with Crippen LogP contribution in [0, 0.1) is 0 Å². The quantitative estimate of drug-likeness (QED) is 0.846. The van der Waals surface area contributed by atoms with E-state index in [1.54, 1.807) is 48.5 Å². The Hall–Kier alpha value is -1.96. The summed E-state index contributed by atoms with van der Waals surface area (Å²) in [5.41, 5.74) is 2.15. The monoisotopic (exact) mass is 393 g/mol. The Kier molecular flexibility index (Phi) is 4.81. The van der Waals surface area contributed by atoms with Crippen molar-refractivity contribution in [1.29, 1.82) is 0 Å². The third kappa shape index (κ3) is 3.34. The highest BCUT2D eigenvalue weighted by molar-refractivity contribution is 7.89. The third-order valence-electron chi connectivity index (χ3n) is 4.55. The van der Waals surface area contributed by atoms with Gasteiger partial charge in [0.15, 0.2) is 0 Å². The largest absolute Gasteiger partial charge is 0.297 e. The minimum Gasteiger partial charge on any atom is -0.297 e. The average Bonchev–Trinajstić information content (AvgIpc) is 2.79. The van der Waals surface area contributed by atoms with Crippen molar-refractivity contribution in [3.8, 4) is 0 Å². The highest BCUT2D eigenvalue weighted by Gasteiger charge is 2.44. The summed E-state index contributed by atoms with van der Waals surface area (Å²) >= 11 is 6.11. The number of carbonyl (C=O) groups excluding carboxylic acids is 1. The summed E-state index contributed by atoms with van der Waals surface area (Å²) in [5.74, 6) is -0.122. The SMILES string of the molecule is CCS(=O)(=O)NCc1cncc(N2C(=O)c3ccc(Cl)cc3C2(C)C)c1. The molecule has 0 atom stereocenters. The van der Waals surface area contributed by atoms with Crippen LogP contribution in [0.4, 0.5) is 5.69 Å². The lowest BCUT2D eigenvalue weighted by Gasteiger charge is -2.32. The van der Waals surface area contributed by atoms with Crippen LogP contribution in [0.2, 0.25) is 5.02 Å². The van der Waals surface area contributed by atoms with E-state index in [4.69, 9.17) is 11.6 Å². The zero-order valence-electron chi connectivity index (χ0n) is 14.8. The number of amides is 1. The second kappa shape index (κ2) is 6.64. The van der Waals surface area contributed by atoms with Crippen LogP contribution in [0.3, 0.4) is 0 Å². The van der Waals surface area contributed by atoms with Crippen LogP contribution < -0.4 is 9.62 Å². The van der Waals surface area contributed by atoms with Gasteiger partial charge in [-0.1, -0.05) is 11.6 Å². The molecule has 6 nitrogen and oxygen atoms in total. The van der Waals surface area contributed by atoms with Gasteiger partial charge in [0.25, 0.3) is 5.91 Å². The number of benzene rings is 1. The predicted octanol–water partition coefficient (Wildman–Crippen LogP) is 3.07. The molecule has 0 radical (unpaired) electrons. The number of hydrogen-bond acceptors (Lipinski definition) is 4. The fourth-order valence-corrected chi connectivity index (χ4v) is 3.89. The number of anilines is 1. The van der Waals surface area contributed by atoms with Crippen LogP contribution in [0.5, 0.6) is 0 Å². The van der Waals surface area contributed by atoms with Crippen LogP contribution in [-0.2, 0) is 22.1 Å². The Morgan fingerprint density at radius 2 is 1.96 bits per heavy atom. The highest BCUT2D eigenvalue weighted by Crippen LogP contribution is 2.42. The molecule has 0 bridgehead atoms. The number of rotatable bonds is 5. The van der Waals surface area contributed by atoms with E-state index in [-0.39, 0.29) is 18.2 Å².